The summed E-state index contributed by atoms with van der Waals surface area (Å²) in [7, 11) is -4.03. The SMILES string of the molecule is CCCCCCCCCCCC(C)N(CCCS(=O)(=O)O)C(=O)O. The molecule has 0 aliphatic carbocycles. The van der Waals surface area contributed by atoms with E-state index in [0.29, 0.717) is 0 Å². The van der Waals surface area contributed by atoms with Gasteiger partial charge in [-0.05, 0) is 19.8 Å². The molecular formula is C17H35NO5S. The maximum Gasteiger partial charge on any atom is 0.407 e. The van der Waals surface area contributed by atoms with Crippen molar-refractivity contribution in [3.05, 3.63) is 0 Å². The number of amides is 1. The second kappa shape index (κ2) is 13.5. The Bertz CT molecular complexity index is 425. The second-order valence-corrected chi connectivity index (χ2v) is 8.15. The Labute approximate surface area is 147 Å². The Hall–Kier alpha value is -0.820. The molecule has 1 amide bonds. The third kappa shape index (κ3) is 13.6. The summed E-state index contributed by atoms with van der Waals surface area (Å²) < 4.78 is 30.1. The van der Waals surface area contributed by atoms with Crippen LogP contribution in [0.5, 0.6) is 0 Å². The lowest BCUT2D eigenvalue weighted by Gasteiger charge is -2.26. The minimum absolute atomic E-state index is 0.118. The van der Waals surface area contributed by atoms with Crippen molar-refractivity contribution in [1.29, 1.82) is 0 Å². The number of hydrogen-bond donors (Lipinski definition) is 2. The van der Waals surface area contributed by atoms with E-state index in [2.05, 4.69) is 6.92 Å². The average Bonchev–Trinajstić information content (AvgIpc) is 2.48. The molecule has 0 saturated carbocycles. The van der Waals surface area contributed by atoms with E-state index in [1.807, 2.05) is 6.92 Å². The smallest absolute Gasteiger partial charge is 0.407 e. The number of rotatable bonds is 15. The molecule has 144 valence electrons. The van der Waals surface area contributed by atoms with Gasteiger partial charge in [0.25, 0.3) is 10.1 Å². The topological polar surface area (TPSA) is 94.9 Å². The zero-order chi connectivity index (χ0) is 18.4. The fourth-order valence-corrected chi connectivity index (χ4v) is 3.32. The lowest BCUT2D eigenvalue weighted by atomic mass is 10.0. The Morgan fingerprint density at radius 2 is 1.46 bits per heavy atom. The minimum atomic E-state index is -4.03. The first-order valence-corrected chi connectivity index (χ1v) is 10.8. The van der Waals surface area contributed by atoms with Gasteiger partial charge in [0.15, 0.2) is 0 Å². The molecule has 0 aromatic rings. The molecule has 7 heteroatoms. The van der Waals surface area contributed by atoms with Crippen molar-refractivity contribution in [3.8, 4) is 0 Å². The van der Waals surface area contributed by atoms with E-state index in [1.54, 1.807) is 0 Å². The fourth-order valence-electron chi connectivity index (χ4n) is 2.83. The normalized spacial score (nSPS) is 13.0. The molecule has 0 fully saturated rings. The van der Waals surface area contributed by atoms with Gasteiger partial charge in [-0.3, -0.25) is 4.55 Å². The Kier molecular flexibility index (Phi) is 13.0. The Morgan fingerprint density at radius 1 is 0.958 bits per heavy atom. The second-order valence-electron chi connectivity index (χ2n) is 6.58. The zero-order valence-electron chi connectivity index (χ0n) is 15.2. The molecule has 0 bridgehead atoms. The number of unbranched alkanes of at least 4 members (excludes halogenated alkanes) is 8. The summed E-state index contributed by atoms with van der Waals surface area (Å²) in [6, 6.07) is -0.131. The van der Waals surface area contributed by atoms with Crippen molar-refractivity contribution in [1.82, 2.24) is 4.90 Å². The van der Waals surface area contributed by atoms with E-state index < -0.39 is 22.0 Å². The summed E-state index contributed by atoms with van der Waals surface area (Å²) in [6.45, 7) is 4.20. The van der Waals surface area contributed by atoms with Crippen LogP contribution in [-0.2, 0) is 10.1 Å². The summed E-state index contributed by atoms with van der Waals surface area (Å²) in [5.74, 6) is -0.401. The highest BCUT2D eigenvalue weighted by atomic mass is 32.2. The average molecular weight is 366 g/mol. The third-order valence-corrected chi connectivity index (χ3v) is 5.11. The van der Waals surface area contributed by atoms with E-state index in [-0.39, 0.29) is 19.0 Å². The van der Waals surface area contributed by atoms with Gasteiger partial charge in [-0.2, -0.15) is 8.42 Å². The van der Waals surface area contributed by atoms with Crippen molar-refractivity contribution < 1.29 is 22.9 Å². The summed E-state index contributed by atoms with van der Waals surface area (Å²) in [5, 5.41) is 9.23. The van der Waals surface area contributed by atoms with Gasteiger partial charge in [-0.1, -0.05) is 64.7 Å². The van der Waals surface area contributed by atoms with E-state index >= 15 is 0 Å². The van der Waals surface area contributed by atoms with Gasteiger partial charge in [0.2, 0.25) is 0 Å². The summed E-state index contributed by atoms with van der Waals surface area (Å²) in [4.78, 5) is 12.5. The van der Waals surface area contributed by atoms with Crippen molar-refractivity contribution in [2.24, 2.45) is 0 Å². The van der Waals surface area contributed by atoms with Crippen LogP contribution >= 0.6 is 0 Å². The fraction of sp³-hybridized carbons (Fsp3) is 0.941. The van der Waals surface area contributed by atoms with Gasteiger partial charge in [0, 0.05) is 12.6 Å². The van der Waals surface area contributed by atoms with E-state index in [9.17, 15) is 18.3 Å². The predicted molar refractivity (Wildman–Crippen MR) is 97.1 cm³/mol. The van der Waals surface area contributed by atoms with Crippen LogP contribution in [0.15, 0.2) is 0 Å². The van der Waals surface area contributed by atoms with Gasteiger partial charge in [-0.15, -0.1) is 0 Å². The molecule has 0 radical (unpaired) electrons. The van der Waals surface area contributed by atoms with E-state index in [1.165, 1.54) is 49.8 Å². The highest BCUT2D eigenvalue weighted by Gasteiger charge is 2.19. The molecule has 0 saturated heterocycles. The number of carbonyl (C=O) groups is 1. The molecule has 24 heavy (non-hydrogen) atoms. The molecule has 1 atom stereocenters. The molecule has 0 aromatic carbocycles. The summed E-state index contributed by atoms with van der Waals surface area (Å²) >= 11 is 0. The van der Waals surface area contributed by atoms with Crippen LogP contribution in [0.3, 0.4) is 0 Å². The van der Waals surface area contributed by atoms with Gasteiger partial charge >= 0.3 is 6.09 Å². The number of hydrogen-bond acceptors (Lipinski definition) is 3. The van der Waals surface area contributed by atoms with Crippen molar-refractivity contribution in [2.45, 2.75) is 90.5 Å². The van der Waals surface area contributed by atoms with Crippen molar-refractivity contribution >= 4 is 16.2 Å². The maximum atomic E-state index is 11.3. The molecular weight excluding hydrogens is 330 g/mol. The molecule has 0 aliphatic heterocycles. The quantitative estimate of drug-likeness (QED) is 0.328. The maximum absolute atomic E-state index is 11.3. The number of nitrogens with zero attached hydrogens (tertiary/aromatic N) is 1. The predicted octanol–water partition coefficient (Wildman–Crippen LogP) is 4.55. The van der Waals surface area contributed by atoms with Gasteiger partial charge < -0.3 is 10.0 Å². The molecule has 0 spiro atoms. The highest BCUT2D eigenvalue weighted by Crippen LogP contribution is 2.14. The Balaban J connectivity index is 3.83. The molecule has 0 aromatic heterocycles. The number of carboxylic acid groups (broad SMARTS) is 1. The van der Waals surface area contributed by atoms with Gasteiger partial charge in [0.1, 0.15) is 0 Å². The lowest BCUT2D eigenvalue weighted by molar-refractivity contribution is 0.125. The molecule has 1 unspecified atom stereocenters. The van der Waals surface area contributed by atoms with E-state index in [4.69, 9.17) is 4.55 Å². The monoisotopic (exact) mass is 365 g/mol. The van der Waals surface area contributed by atoms with Crippen LogP contribution in [0.25, 0.3) is 0 Å². The molecule has 0 heterocycles. The molecule has 0 aliphatic rings. The summed E-state index contributed by atoms with van der Waals surface area (Å²) in [5.41, 5.74) is 0. The van der Waals surface area contributed by atoms with Crippen LogP contribution in [0.1, 0.15) is 84.5 Å². The van der Waals surface area contributed by atoms with Crippen LogP contribution in [0, 0.1) is 0 Å². The van der Waals surface area contributed by atoms with Crippen LogP contribution in [0.4, 0.5) is 4.79 Å². The lowest BCUT2D eigenvalue weighted by Crippen LogP contribution is -2.38. The molecule has 2 N–H and O–H groups in total. The van der Waals surface area contributed by atoms with Gasteiger partial charge in [0.05, 0.1) is 5.75 Å². The third-order valence-electron chi connectivity index (χ3n) is 4.30. The van der Waals surface area contributed by atoms with Crippen LogP contribution < -0.4 is 0 Å². The standard InChI is InChI=1S/C17H35NO5S/c1-3-4-5-6-7-8-9-10-11-13-16(2)18(17(19)20)14-12-15-24(21,22)23/h16H,3-15H2,1-2H3,(H,19,20)(H,21,22,23). The summed E-state index contributed by atoms with van der Waals surface area (Å²) in [6.07, 6.45) is 10.9. The van der Waals surface area contributed by atoms with Crippen LogP contribution in [-0.4, -0.2) is 47.4 Å². The first kappa shape index (κ1) is 23.2. The van der Waals surface area contributed by atoms with Crippen molar-refractivity contribution in [2.75, 3.05) is 12.3 Å². The molecule has 0 rings (SSSR count). The zero-order valence-corrected chi connectivity index (χ0v) is 16.1. The highest BCUT2D eigenvalue weighted by molar-refractivity contribution is 7.85. The molecule has 6 nitrogen and oxygen atoms in total. The van der Waals surface area contributed by atoms with E-state index in [0.717, 1.165) is 19.3 Å². The van der Waals surface area contributed by atoms with Gasteiger partial charge in [-0.25, -0.2) is 4.79 Å². The largest absolute Gasteiger partial charge is 0.465 e. The minimum Gasteiger partial charge on any atom is -0.465 e. The first-order valence-electron chi connectivity index (χ1n) is 9.22. The van der Waals surface area contributed by atoms with Crippen molar-refractivity contribution in [3.63, 3.8) is 0 Å². The van der Waals surface area contributed by atoms with Crippen LogP contribution in [0.2, 0.25) is 0 Å². The Morgan fingerprint density at radius 3 is 1.92 bits per heavy atom. The first-order chi connectivity index (χ1) is 11.3.